The van der Waals surface area contributed by atoms with Gasteiger partial charge >= 0.3 is 0 Å². The number of aldehydes is 1. The normalized spacial score (nSPS) is 27.6. The molecule has 0 aliphatic carbocycles. The molecule has 0 amide bonds. The Morgan fingerprint density at radius 2 is 1.71 bits per heavy atom. The SMILES string of the molecule is COc1ccc(COC2C3OC(C)(C)O[C@H]3OC2[C@@H](C=O)OCc2ccccc2)cc1. The number of benzene rings is 2. The summed E-state index contributed by atoms with van der Waals surface area (Å²) in [5, 5.41) is 0. The van der Waals surface area contributed by atoms with Crippen molar-refractivity contribution >= 4 is 6.29 Å². The molecule has 166 valence electrons. The average Bonchev–Trinajstić information content (AvgIpc) is 3.25. The highest BCUT2D eigenvalue weighted by Crippen LogP contribution is 2.40. The van der Waals surface area contributed by atoms with Crippen molar-refractivity contribution in [3.63, 3.8) is 0 Å². The second kappa shape index (κ2) is 9.46. The Morgan fingerprint density at radius 3 is 2.39 bits per heavy atom. The van der Waals surface area contributed by atoms with Gasteiger partial charge in [0.2, 0.25) is 0 Å². The van der Waals surface area contributed by atoms with Crippen LogP contribution in [0.15, 0.2) is 54.6 Å². The van der Waals surface area contributed by atoms with Gasteiger partial charge in [-0.1, -0.05) is 42.5 Å². The van der Waals surface area contributed by atoms with Crippen LogP contribution >= 0.6 is 0 Å². The highest BCUT2D eigenvalue weighted by molar-refractivity contribution is 5.57. The molecular weight excluding hydrogens is 400 g/mol. The lowest BCUT2D eigenvalue weighted by Gasteiger charge is -2.28. The van der Waals surface area contributed by atoms with Crippen molar-refractivity contribution in [2.75, 3.05) is 7.11 Å². The van der Waals surface area contributed by atoms with Gasteiger partial charge in [-0.15, -0.1) is 0 Å². The first-order valence-corrected chi connectivity index (χ1v) is 10.4. The molecular formula is C24H28O7. The Bertz CT molecular complexity index is 852. The number of methoxy groups -OCH3 is 1. The van der Waals surface area contributed by atoms with Crippen molar-refractivity contribution in [3.8, 4) is 5.75 Å². The zero-order chi connectivity index (χ0) is 21.8. The fourth-order valence-corrected chi connectivity index (χ4v) is 3.85. The van der Waals surface area contributed by atoms with Gasteiger partial charge in [0.15, 0.2) is 18.4 Å². The molecule has 7 nitrogen and oxygen atoms in total. The molecule has 2 aliphatic rings. The maximum absolute atomic E-state index is 11.9. The van der Waals surface area contributed by atoms with Crippen LogP contribution in [0.1, 0.15) is 25.0 Å². The number of rotatable bonds is 9. The fraction of sp³-hybridized carbons (Fsp3) is 0.458. The Hall–Kier alpha value is -2.29. The number of hydrogen-bond donors (Lipinski definition) is 0. The van der Waals surface area contributed by atoms with Crippen LogP contribution < -0.4 is 4.74 Å². The molecule has 2 fully saturated rings. The van der Waals surface area contributed by atoms with Crippen LogP contribution in [0.5, 0.6) is 5.75 Å². The first-order chi connectivity index (χ1) is 15.0. The predicted molar refractivity (Wildman–Crippen MR) is 111 cm³/mol. The Labute approximate surface area is 182 Å². The molecule has 2 aromatic carbocycles. The number of hydrogen-bond acceptors (Lipinski definition) is 7. The summed E-state index contributed by atoms with van der Waals surface area (Å²) in [5.74, 6) is -0.0145. The summed E-state index contributed by atoms with van der Waals surface area (Å²) in [7, 11) is 1.63. The highest BCUT2D eigenvalue weighted by Gasteiger charge is 2.57. The summed E-state index contributed by atoms with van der Waals surface area (Å²) in [4.78, 5) is 11.9. The van der Waals surface area contributed by atoms with Crippen molar-refractivity contribution in [1.29, 1.82) is 0 Å². The van der Waals surface area contributed by atoms with E-state index < -0.39 is 36.5 Å². The van der Waals surface area contributed by atoms with Crippen LogP contribution in [0.4, 0.5) is 0 Å². The lowest BCUT2D eigenvalue weighted by molar-refractivity contribution is -0.231. The van der Waals surface area contributed by atoms with E-state index in [1.807, 2.05) is 68.4 Å². The summed E-state index contributed by atoms with van der Waals surface area (Å²) < 4.78 is 35.2. The molecule has 3 unspecified atom stereocenters. The summed E-state index contributed by atoms with van der Waals surface area (Å²) >= 11 is 0. The minimum absolute atomic E-state index is 0.290. The number of carbonyl (C=O) groups excluding carboxylic acids is 1. The molecule has 0 saturated carbocycles. The van der Waals surface area contributed by atoms with E-state index in [1.54, 1.807) is 7.11 Å². The Morgan fingerprint density at radius 1 is 1.00 bits per heavy atom. The molecule has 0 spiro atoms. The molecule has 2 saturated heterocycles. The molecule has 7 heteroatoms. The van der Waals surface area contributed by atoms with Gasteiger partial charge in [0.25, 0.3) is 0 Å². The van der Waals surface area contributed by atoms with Crippen LogP contribution in [0.3, 0.4) is 0 Å². The second-order valence-electron chi connectivity index (χ2n) is 8.09. The number of carbonyl (C=O) groups is 1. The van der Waals surface area contributed by atoms with Crippen molar-refractivity contribution in [2.45, 2.75) is 63.6 Å². The zero-order valence-corrected chi connectivity index (χ0v) is 17.9. The third kappa shape index (κ3) is 5.14. The first-order valence-electron chi connectivity index (χ1n) is 10.4. The lowest BCUT2D eigenvalue weighted by atomic mass is 10.1. The lowest BCUT2D eigenvalue weighted by Crippen LogP contribution is -2.44. The third-order valence-corrected chi connectivity index (χ3v) is 5.37. The van der Waals surface area contributed by atoms with E-state index in [1.165, 1.54) is 0 Å². The van der Waals surface area contributed by atoms with Gasteiger partial charge in [0.05, 0.1) is 20.3 Å². The zero-order valence-electron chi connectivity index (χ0n) is 17.9. The summed E-state index contributed by atoms with van der Waals surface area (Å²) in [6.45, 7) is 4.27. The van der Waals surface area contributed by atoms with E-state index in [-0.39, 0.29) is 6.61 Å². The summed E-state index contributed by atoms with van der Waals surface area (Å²) in [6.07, 6.45) is -2.32. The van der Waals surface area contributed by atoms with Crippen LogP contribution in [-0.2, 0) is 41.7 Å². The van der Waals surface area contributed by atoms with Gasteiger partial charge in [-0.2, -0.15) is 0 Å². The maximum Gasteiger partial charge on any atom is 0.190 e. The molecule has 0 radical (unpaired) electrons. The minimum Gasteiger partial charge on any atom is -0.497 e. The van der Waals surface area contributed by atoms with E-state index in [9.17, 15) is 4.79 Å². The monoisotopic (exact) mass is 428 g/mol. The largest absolute Gasteiger partial charge is 0.497 e. The van der Waals surface area contributed by atoms with Crippen molar-refractivity contribution in [1.82, 2.24) is 0 Å². The quantitative estimate of drug-likeness (QED) is 0.568. The molecule has 5 atom stereocenters. The molecule has 0 N–H and O–H groups in total. The van der Waals surface area contributed by atoms with Crippen molar-refractivity contribution < 1.29 is 33.2 Å². The molecule has 31 heavy (non-hydrogen) atoms. The Balaban J connectivity index is 1.46. The van der Waals surface area contributed by atoms with Gasteiger partial charge in [-0.25, -0.2) is 0 Å². The van der Waals surface area contributed by atoms with E-state index >= 15 is 0 Å². The molecule has 2 aliphatic heterocycles. The molecule has 2 aromatic rings. The smallest absolute Gasteiger partial charge is 0.190 e. The predicted octanol–water partition coefficient (Wildman–Crippen LogP) is 3.24. The topological polar surface area (TPSA) is 72.5 Å². The number of ether oxygens (including phenoxy) is 6. The van der Waals surface area contributed by atoms with Gasteiger partial charge in [-0.05, 0) is 37.1 Å². The third-order valence-electron chi connectivity index (χ3n) is 5.37. The van der Waals surface area contributed by atoms with Gasteiger partial charge < -0.3 is 33.2 Å². The van der Waals surface area contributed by atoms with Gasteiger partial charge in [0.1, 0.15) is 30.2 Å². The van der Waals surface area contributed by atoms with E-state index in [2.05, 4.69) is 0 Å². The Kier molecular flexibility index (Phi) is 6.69. The second-order valence-corrected chi connectivity index (χ2v) is 8.09. The molecule has 0 bridgehead atoms. The molecule has 4 rings (SSSR count). The van der Waals surface area contributed by atoms with Gasteiger partial charge in [0, 0.05) is 0 Å². The van der Waals surface area contributed by atoms with E-state index in [0.717, 1.165) is 23.2 Å². The van der Waals surface area contributed by atoms with Crippen LogP contribution in [-0.4, -0.2) is 49.9 Å². The molecule has 0 aromatic heterocycles. The maximum atomic E-state index is 11.9. The van der Waals surface area contributed by atoms with E-state index in [4.69, 9.17) is 28.4 Å². The van der Waals surface area contributed by atoms with Crippen LogP contribution in [0.2, 0.25) is 0 Å². The van der Waals surface area contributed by atoms with Gasteiger partial charge in [-0.3, -0.25) is 0 Å². The summed E-state index contributed by atoms with van der Waals surface area (Å²) in [6, 6.07) is 17.3. The van der Waals surface area contributed by atoms with Crippen molar-refractivity contribution in [3.05, 3.63) is 65.7 Å². The minimum atomic E-state index is -0.818. The van der Waals surface area contributed by atoms with E-state index in [0.29, 0.717) is 6.61 Å². The first kappa shape index (κ1) is 21.9. The van der Waals surface area contributed by atoms with Crippen molar-refractivity contribution in [2.24, 2.45) is 0 Å². The van der Waals surface area contributed by atoms with Crippen LogP contribution in [0.25, 0.3) is 0 Å². The summed E-state index contributed by atoms with van der Waals surface area (Å²) in [5.41, 5.74) is 1.94. The average molecular weight is 428 g/mol. The fourth-order valence-electron chi connectivity index (χ4n) is 3.85. The van der Waals surface area contributed by atoms with Crippen LogP contribution in [0, 0.1) is 0 Å². The highest BCUT2D eigenvalue weighted by atomic mass is 16.8. The molecule has 2 heterocycles. The number of fused-ring (bicyclic) bond motifs is 1. The standard InChI is InChI=1S/C24H28O7/c1-24(2)30-22-21(28-15-17-9-11-18(26-3)12-10-17)20(29-23(22)31-24)19(13-25)27-14-16-7-5-4-6-8-16/h4-13,19-23H,14-15H2,1-3H3/t19-,20?,21?,22?,23-/m1/s1.